The van der Waals surface area contributed by atoms with Crippen LogP contribution < -0.4 is 0 Å². The summed E-state index contributed by atoms with van der Waals surface area (Å²) in [6.07, 6.45) is -4.72. The first-order valence-corrected chi connectivity index (χ1v) is 10.5. The van der Waals surface area contributed by atoms with Gasteiger partial charge in [0, 0.05) is 7.05 Å². The second kappa shape index (κ2) is 8.93. The predicted molar refractivity (Wildman–Crippen MR) is 108 cm³/mol. The number of aryl methyl sites for hydroxylation is 1. The van der Waals surface area contributed by atoms with E-state index in [2.05, 4.69) is 4.98 Å². The summed E-state index contributed by atoms with van der Waals surface area (Å²) in [4.78, 5) is 18.6. The summed E-state index contributed by atoms with van der Waals surface area (Å²) in [6.45, 7) is 2.02. The average Bonchev–Trinajstić information content (AvgIpc) is 3.36. The molecular formula is C20H16F3N3O2S2. The number of carbonyl (C=O) groups excluding carboxylic acids is 1. The highest BCUT2D eigenvalue weighted by Gasteiger charge is 2.36. The van der Waals surface area contributed by atoms with Gasteiger partial charge in [-0.25, -0.2) is 4.98 Å². The summed E-state index contributed by atoms with van der Waals surface area (Å²) >= 11 is 2.06. The van der Waals surface area contributed by atoms with E-state index in [0.717, 1.165) is 17.8 Å². The number of hydrogen-bond acceptors (Lipinski definition) is 6. The summed E-state index contributed by atoms with van der Waals surface area (Å²) < 4.78 is 46.0. The Labute approximate surface area is 179 Å². The van der Waals surface area contributed by atoms with Crippen molar-refractivity contribution in [3.8, 4) is 16.6 Å². The van der Waals surface area contributed by atoms with Gasteiger partial charge in [0.25, 0.3) is 0 Å². The van der Waals surface area contributed by atoms with Gasteiger partial charge in [-0.15, -0.1) is 11.3 Å². The molecule has 0 saturated heterocycles. The van der Waals surface area contributed by atoms with Crippen molar-refractivity contribution in [1.29, 1.82) is 5.26 Å². The van der Waals surface area contributed by atoms with Gasteiger partial charge in [-0.3, -0.25) is 4.79 Å². The Hall–Kier alpha value is -2.77. The Morgan fingerprint density at radius 3 is 2.70 bits per heavy atom. The van der Waals surface area contributed by atoms with E-state index in [1.54, 1.807) is 49.7 Å². The zero-order chi connectivity index (χ0) is 21.9. The molecule has 0 bridgehead atoms. The van der Waals surface area contributed by atoms with Crippen molar-refractivity contribution in [2.45, 2.75) is 24.7 Å². The van der Waals surface area contributed by atoms with E-state index in [-0.39, 0.29) is 28.9 Å². The Kier molecular flexibility index (Phi) is 6.53. The number of thiophene rings is 1. The van der Waals surface area contributed by atoms with Crippen LogP contribution in [-0.4, -0.2) is 28.6 Å². The lowest BCUT2D eigenvalue weighted by molar-refractivity contribution is -0.138. The van der Waals surface area contributed by atoms with Crippen LogP contribution in [0.4, 0.5) is 13.2 Å². The normalized spacial score (nSPS) is 11.3. The topological polar surface area (TPSA) is 70.1 Å². The number of thioether (sulfide) groups is 1. The monoisotopic (exact) mass is 451 g/mol. The van der Waals surface area contributed by atoms with Gasteiger partial charge in [0.05, 0.1) is 34.0 Å². The molecule has 0 atom stereocenters. The molecule has 0 aromatic carbocycles. The lowest BCUT2D eigenvalue weighted by Crippen LogP contribution is -2.27. The molecule has 3 aromatic heterocycles. The third-order valence-corrected chi connectivity index (χ3v) is 5.98. The summed E-state index contributed by atoms with van der Waals surface area (Å²) in [6, 6.07) is 9.36. The lowest BCUT2D eigenvalue weighted by atomic mass is 10.1. The first kappa shape index (κ1) is 21.9. The largest absolute Gasteiger partial charge is 0.464 e. The van der Waals surface area contributed by atoms with Gasteiger partial charge in [-0.05, 0) is 36.6 Å². The van der Waals surface area contributed by atoms with Gasteiger partial charge < -0.3 is 9.32 Å². The van der Waals surface area contributed by atoms with Crippen molar-refractivity contribution in [2.75, 3.05) is 12.8 Å². The molecule has 0 spiro atoms. The van der Waals surface area contributed by atoms with E-state index in [0.29, 0.717) is 16.4 Å². The van der Waals surface area contributed by atoms with Gasteiger partial charge in [-0.2, -0.15) is 18.4 Å². The fraction of sp³-hybridized carbons (Fsp3) is 0.250. The first-order valence-electron chi connectivity index (χ1n) is 8.67. The summed E-state index contributed by atoms with van der Waals surface area (Å²) in [7, 11) is 1.57. The zero-order valence-electron chi connectivity index (χ0n) is 16.0. The number of furan rings is 1. The number of pyridine rings is 1. The van der Waals surface area contributed by atoms with Crippen LogP contribution in [-0.2, 0) is 17.5 Å². The minimum atomic E-state index is -4.72. The van der Waals surface area contributed by atoms with Gasteiger partial charge in [0.2, 0.25) is 5.91 Å². The van der Waals surface area contributed by atoms with E-state index in [4.69, 9.17) is 4.42 Å². The van der Waals surface area contributed by atoms with Crippen LogP contribution in [0.3, 0.4) is 0 Å². The van der Waals surface area contributed by atoms with Gasteiger partial charge in [0.1, 0.15) is 22.6 Å². The minimum absolute atomic E-state index is 0.116. The fourth-order valence-corrected chi connectivity index (χ4v) is 4.27. The van der Waals surface area contributed by atoms with Crippen LogP contribution in [0, 0.1) is 18.3 Å². The smallest absolute Gasteiger partial charge is 0.417 e. The van der Waals surface area contributed by atoms with Crippen molar-refractivity contribution < 1.29 is 22.4 Å². The van der Waals surface area contributed by atoms with Crippen LogP contribution in [0.5, 0.6) is 0 Å². The predicted octanol–water partition coefficient (Wildman–Crippen LogP) is 5.35. The molecule has 0 fully saturated rings. The molecule has 0 saturated carbocycles. The van der Waals surface area contributed by atoms with E-state index in [1.807, 2.05) is 0 Å². The molecular weight excluding hydrogens is 435 g/mol. The molecule has 3 rings (SSSR count). The minimum Gasteiger partial charge on any atom is -0.464 e. The number of aromatic nitrogens is 1. The summed E-state index contributed by atoms with van der Waals surface area (Å²) in [5.41, 5.74) is -1.52. The molecule has 30 heavy (non-hydrogen) atoms. The Morgan fingerprint density at radius 2 is 2.13 bits per heavy atom. The van der Waals surface area contributed by atoms with Crippen molar-refractivity contribution in [3.63, 3.8) is 0 Å². The quantitative estimate of drug-likeness (QED) is 0.473. The lowest BCUT2D eigenvalue weighted by Gasteiger charge is -2.17. The number of halogens is 3. The second-order valence-corrected chi connectivity index (χ2v) is 8.28. The molecule has 3 aromatic rings. The molecule has 0 aliphatic rings. The number of alkyl halides is 3. The molecule has 0 aliphatic carbocycles. The SMILES string of the molecule is Cc1ccc(CN(C)C(=O)CSc2nc(-c3cccs3)cc(C(F)(F)F)c2C#N)o1. The van der Waals surface area contributed by atoms with Crippen molar-refractivity contribution >= 4 is 29.0 Å². The first-order chi connectivity index (χ1) is 14.2. The number of nitriles is 1. The van der Waals surface area contributed by atoms with Gasteiger partial charge in [-0.1, -0.05) is 17.8 Å². The van der Waals surface area contributed by atoms with Crippen molar-refractivity contribution in [3.05, 3.63) is 58.4 Å². The Morgan fingerprint density at radius 1 is 1.37 bits per heavy atom. The van der Waals surface area contributed by atoms with E-state index < -0.39 is 17.3 Å². The van der Waals surface area contributed by atoms with Gasteiger partial charge >= 0.3 is 6.18 Å². The molecule has 5 nitrogen and oxygen atoms in total. The van der Waals surface area contributed by atoms with Gasteiger partial charge in [0.15, 0.2) is 0 Å². The third kappa shape index (κ3) is 5.04. The highest BCUT2D eigenvalue weighted by Crippen LogP contribution is 2.38. The maximum atomic E-state index is 13.5. The highest BCUT2D eigenvalue weighted by atomic mass is 32.2. The molecule has 156 valence electrons. The molecule has 3 heterocycles. The number of carbonyl (C=O) groups is 1. The number of hydrogen-bond donors (Lipinski definition) is 0. The molecule has 0 unspecified atom stereocenters. The molecule has 0 radical (unpaired) electrons. The van der Waals surface area contributed by atoms with Crippen LogP contribution in [0.1, 0.15) is 22.6 Å². The van der Waals surface area contributed by atoms with E-state index in [1.165, 1.54) is 16.2 Å². The van der Waals surface area contributed by atoms with Crippen LogP contribution >= 0.6 is 23.1 Å². The number of nitrogens with zero attached hydrogens (tertiary/aromatic N) is 3. The standard InChI is InChI=1S/C20H16F3N3O2S2/c1-12-5-6-13(28-12)10-26(2)18(27)11-30-19-14(9-24)15(20(21,22)23)8-16(25-19)17-4-3-7-29-17/h3-8H,10-11H2,1-2H3. The average molecular weight is 451 g/mol. The number of amides is 1. The maximum absolute atomic E-state index is 13.5. The molecule has 0 N–H and O–H groups in total. The third-order valence-electron chi connectivity index (χ3n) is 4.12. The van der Waals surface area contributed by atoms with Crippen molar-refractivity contribution in [1.82, 2.24) is 9.88 Å². The summed E-state index contributed by atoms with van der Waals surface area (Å²) in [5.74, 6) is 0.828. The van der Waals surface area contributed by atoms with E-state index >= 15 is 0 Å². The van der Waals surface area contributed by atoms with Crippen molar-refractivity contribution in [2.24, 2.45) is 0 Å². The van der Waals surface area contributed by atoms with E-state index in [9.17, 15) is 23.2 Å². The fourth-order valence-electron chi connectivity index (χ4n) is 2.64. The Bertz CT molecular complexity index is 1090. The molecule has 10 heteroatoms. The molecule has 1 amide bonds. The molecule has 0 aliphatic heterocycles. The second-order valence-electron chi connectivity index (χ2n) is 6.37. The number of rotatable bonds is 6. The van der Waals surface area contributed by atoms with Crippen LogP contribution in [0.2, 0.25) is 0 Å². The highest BCUT2D eigenvalue weighted by molar-refractivity contribution is 8.00. The zero-order valence-corrected chi connectivity index (χ0v) is 17.6. The Balaban J connectivity index is 1.84. The summed E-state index contributed by atoms with van der Waals surface area (Å²) in [5, 5.41) is 11.0. The maximum Gasteiger partial charge on any atom is 0.417 e. The van der Waals surface area contributed by atoms with Crippen LogP contribution in [0.25, 0.3) is 10.6 Å². The van der Waals surface area contributed by atoms with Crippen LogP contribution in [0.15, 0.2) is 45.2 Å².